The zero-order chi connectivity index (χ0) is 14.6. The highest BCUT2D eigenvalue weighted by Gasteiger charge is 2.59. The van der Waals surface area contributed by atoms with Crippen molar-refractivity contribution in [2.24, 2.45) is 29.6 Å². The molecule has 3 aliphatic carbocycles. The number of carbonyl (C=O) groups is 3. The Balaban J connectivity index is 1.49. The van der Waals surface area contributed by atoms with E-state index in [1.807, 2.05) is 18.2 Å². The summed E-state index contributed by atoms with van der Waals surface area (Å²) in [7, 11) is 0. The molecule has 0 aromatic heterocycles. The Hall–Kier alpha value is -1.91. The number of allylic oxidation sites excluding steroid dienone is 4. The van der Waals surface area contributed by atoms with Gasteiger partial charge < -0.3 is 0 Å². The highest BCUT2D eigenvalue weighted by atomic mass is 16.2. The first kappa shape index (κ1) is 12.8. The molecule has 4 aliphatic rings. The van der Waals surface area contributed by atoms with E-state index >= 15 is 0 Å². The van der Waals surface area contributed by atoms with Crippen molar-refractivity contribution in [3.63, 3.8) is 0 Å². The van der Waals surface area contributed by atoms with Crippen LogP contribution in [0, 0.1) is 29.6 Å². The lowest BCUT2D eigenvalue weighted by molar-refractivity contribution is -0.151. The second-order valence-corrected chi connectivity index (χ2v) is 6.47. The summed E-state index contributed by atoms with van der Waals surface area (Å²) in [4.78, 5) is 37.1. The van der Waals surface area contributed by atoms with E-state index in [0.29, 0.717) is 6.42 Å². The lowest BCUT2D eigenvalue weighted by Gasteiger charge is -2.22. The minimum atomic E-state index is -0.251. The van der Waals surface area contributed by atoms with Gasteiger partial charge in [0, 0.05) is 5.92 Å². The van der Waals surface area contributed by atoms with Crippen LogP contribution in [-0.4, -0.2) is 22.7 Å². The van der Waals surface area contributed by atoms with E-state index in [2.05, 4.69) is 11.5 Å². The number of nitrogens with zero attached hydrogens (tertiary/aromatic N) is 1. The SMILES string of the molecule is O=C(NN1C(=O)[C@@H]2[C@@H](C1=O)[C@H]1C=C[C@@H]2C1)[C@@H]1CC=CCC1. The molecule has 1 heterocycles. The van der Waals surface area contributed by atoms with Crippen molar-refractivity contribution >= 4 is 17.7 Å². The van der Waals surface area contributed by atoms with Gasteiger partial charge in [-0.1, -0.05) is 24.3 Å². The summed E-state index contributed by atoms with van der Waals surface area (Å²) >= 11 is 0. The zero-order valence-electron chi connectivity index (χ0n) is 11.7. The fourth-order valence-electron chi connectivity index (χ4n) is 4.25. The van der Waals surface area contributed by atoms with Crippen LogP contribution in [0.5, 0.6) is 0 Å². The molecule has 2 fully saturated rings. The summed E-state index contributed by atoms with van der Waals surface area (Å²) in [5.74, 6) is -0.930. The summed E-state index contributed by atoms with van der Waals surface area (Å²) < 4.78 is 0. The van der Waals surface area contributed by atoms with Gasteiger partial charge in [-0.3, -0.25) is 19.8 Å². The van der Waals surface area contributed by atoms with E-state index in [1.165, 1.54) is 0 Å². The lowest BCUT2D eigenvalue weighted by Crippen LogP contribution is -2.49. The summed E-state index contributed by atoms with van der Waals surface area (Å²) in [5.41, 5.74) is 2.58. The van der Waals surface area contributed by atoms with Gasteiger partial charge in [0.15, 0.2) is 0 Å². The number of nitrogens with one attached hydrogen (secondary N) is 1. The van der Waals surface area contributed by atoms with Gasteiger partial charge >= 0.3 is 0 Å². The summed E-state index contributed by atoms with van der Waals surface area (Å²) in [6.45, 7) is 0. The number of hydrogen-bond donors (Lipinski definition) is 1. The van der Waals surface area contributed by atoms with E-state index < -0.39 is 0 Å². The minimum absolute atomic E-state index is 0.133. The van der Waals surface area contributed by atoms with Gasteiger partial charge in [0.1, 0.15) is 0 Å². The Labute approximate surface area is 123 Å². The monoisotopic (exact) mass is 286 g/mol. The van der Waals surface area contributed by atoms with Crippen LogP contribution in [0.1, 0.15) is 25.7 Å². The molecule has 5 atom stereocenters. The van der Waals surface area contributed by atoms with E-state index in [9.17, 15) is 14.4 Å². The van der Waals surface area contributed by atoms with Gasteiger partial charge in [0.05, 0.1) is 11.8 Å². The van der Waals surface area contributed by atoms with Crippen molar-refractivity contribution in [2.75, 3.05) is 0 Å². The van der Waals surface area contributed by atoms with Gasteiger partial charge in [0.2, 0.25) is 5.91 Å². The van der Waals surface area contributed by atoms with Crippen molar-refractivity contribution in [1.29, 1.82) is 0 Å². The molecule has 0 spiro atoms. The predicted octanol–water partition coefficient (Wildman–Crippen LogP) is 1.18. The van der Waals surface area contributed by atoms with Gasteiger partial charge in [-0.25, -0.2) is 0 Å². The molecule has 5 heteroatoms. The smallest absolute Gasteiger partial charge is 0.252 e. The molecule has 0 aromatic carbocycles. The molecule has 1 N–H and O–H groups in total. The van der Waals surface area contributed by atoms with Crippen LogP contribution in [0.4, 0.5) is 0 Å². The first-order valence-corrected chi connectivity index (χ1v) is 7.68. The Morgan fingerprint density at radius 1 is 1.10 bits per heavy atom. The van der Waals surface area contributed by atoms with Crippen LogP contribution in [0.2, 0.25) is 0 Å². The summed E-state index contributed by atoms with van der Waals surface area (Å²) in [5, 5.41) is 1.00. The molecule has 0 radical (unpaired) electrons. The number of amides is 3. The van der Waals surface area contributed by atoms with Gasteiger partial charge in [-0.05, 0) is 37.5 Å². The Bertz CT molecular complexity index is 550. The number of fused-ring (bicyclic) bond motifs is 5. The fraction of sp³-hybridized carbons (Fsp3) is 0.562. The van der Waals surface area contributed by atoms with Crippen LogP contribution >= 0.6 is 0 Å². The molecule has 0 aromatic rings. The second kappa shape index (κ2) is 4.55. The molecule has 1 saturated heterocycles. The van der Waals surface area contributed by atoms with Crippen molar-refractivity contribution in [3.05, 3.63) is 24.3 Å². The average Bonchev–Trinajstić information content (AvgIpc) is 3.18. The maximum Gasteiger partial charge on any atom is 0.252 e. The molecule has 21 heavy (non-hydrogen) atoms. The van der Waals surface area contributed by atoms with Crippen molar-refractivity contribution in [2.45, 2.75) is 25.7 Å². The van der Waals surface area contributed by atoms with Crippen molar-refractivity contribution in [3.8, 4) is 0 Å². The number of hydrogen-bond acceptors (Lipinski definition) is 3. The Morgan fingerprint density at radius 3 is 2.33 bits per heavy atom. The third kappa shape index (κ3) is 1.79. The molecule has 110 valence electrons. The highest BCUT2D eigenvalue weighted by Crippen LogP contribution is 2.52. The first-order valence-electron chi connectivity index (χ1n) is 7.68. The van der Waals surface area contributed by atoms with Gasteiger partial charge in [-0.15, -0.1) is 0 Å². The van der Waals surface area contributed by atoms with Crippen LogP contribution in [-0.2, 0) is 14.4 Å². The van der Waals surface area contributed by atoms with Gasteiger partial charge in [0.25, 0.3) is 11.8 Å². The van der Waals surface area contributed by atoms with E-state index in [1.54, 1.807) is 0 Å². The molecule has 2 bridgehead atoms. The molecular formula is C16H18N2O3. The number of hydrazine groups is 1. The van der Waals surface area contributed by atoms with Crippen LogP contribution < -0.4 is 5.43 Å². The van der Waals surface area contributed by atoms with Crippen LogP contribution in [0.25, 0.3) is 0 Å². The topological polar surface area (TPSA) is 66.5 Å². The normalized spacial score (nSPS) is 40.0. The molecule has 4 rings (SSSR count). The predicted molar refractivity (Wildman–Crippen MR) is 74.2 cm³/mol. The third-order valence-corrected chi connectivity index (χ3v) is 5.33. The molecule has 1 saturated carbocycles. The summed E-state index contributed by atoms with van der Waals surface area (Å²) in [6, 6.07) is 0. The number of carbonyl (C=O) groups excluding carboxylic acids is 3. The Kier molecular flexibility index (Phi) is 2.77. The third-order valence-electron chi connectivity index (χ3n) is 5.33. The Morgan fingerprint density at radius 2 is 1.76 bits per heavy atom. The van der Waals surface area contributed by atoms with Crippen molar-refractivity contribution < 1.29 is 14.4 Å². The molecule has 0 unspecified atom stereocenters. The maximum atomic E-state index is 12.4. The molecule has 1 aliphatic heterocycles. The van der Waals surface area contributed by atoms with Gasteiger partial charge in [-0.2, -0.15) is 5.01 Å². The number of imide groups is 1. The largest absolute Gasteiger partial charge is 0.273 e. The molecule has 3 amide bonds. The quantitative estimate of drug-likeness (QED) is 0.612. The van der Waals surface area contributed by atoms with E-state index in [-0.39, 0.29) is 47.3 Å². The summed E-state index contributed by atoms with van der Waals surface area (Å²) in [6.07, 6.45) is 11.4. The molecular weight excluding hydrogens is 268 g/mol. The lowest BCUT2D eigenvalue weighted by atomic mass is 9.85. The fourth-order valence-corrected chi connectivity index (χ4v) is 4.25. The van der Waals surface area contributed by atoms with E-state index in [4.69, 9.17) is 0 Å². The van der Waals surface area contributed by atoms with Crippen LogP contribution in [0.3, 0.4) is 0 Å². The molecule has 5 nitrogen and oxygen atoms in total. The van der Waals surface area contributed by atoms with E-state index in [0.717, 1.165) is 24.3 Å². The average molecular weight is 286 g/mol. The minimum Gasteiger partial charge on any atom is -0.273 e. The highest BCUT2D eigenvalue weighted by molar-refractivity contribution is 6.07. The zero-order valence-corrected chi connectivity index (χ0v) is 11.7. The standard InChI is InChI=1S/C16H18N2O3/c19-14(9-4-2-1-3-5-9)17-18-15(20)12-10-6-7-11(8-10)13(12)16(18)21/h1-2,6-7,9-13H,3-5,8H2,(H,17,19)/t9-,10-,11+,12+,13+/m1/s1. The number of rotatable bonds is 2. The van der Waals surface area contributed by atoms with Crippen molar-refractivity contribution in [1.82, 2.24) is 10.4 Å². The maximum absolute atomic E-state index is 12.4. The van der Waals surface area contributed by atoms with Crippen LogP contribution in [0.15, 0.2) is 24.3 Å². The second-order valence-electron chi connectivity index (χ2n) is 6.47. The first-order chi connectivity index (χ1) is 10.2.